The molecule has 2 aliphatic rings. The lowest BCUT2D eigenvalue weighted by molar-refractivity contribution is -0.142. The lowest BCUT2D eigenvalue weighted by Gasteiger charge is -2.37. The van der Waals surface area contributed by atoms with E-state index >= 15 is 0 Å². The number of aliphatic carboxylic acids is 1. The first kappa shape index (κ1) is 24.4. The third-order valence-electron chi connectivity index (χ3n) is 7.48. The van der Waals surface area contributed by atoms with Crippen LogP contribution in [0.5, 0.6) is 11.5 Å². The van der Waals surface area contributed by atoms with Crippen molar-refractivity contribution in [2.45, 2.75) is 83.1 Å². The van der Waals surface area contributed by atoms with Crippen molar-refractivity contribution < 1.29 is 24.2 Å². The molecular weight excluding hydrogens is 406 g/mol. The largest absolute Gasteiger partial charge is 0.497 e. The lowest BCUT2D eigenvalue weighted by Crippen LogP contribution is -2.44. The first-order valence-corrected chi connectivity index (χ1v) is 12.2. The van der Waals surface area contributed by atoms with E-state index in [1.54, 1.807) is 32.4 Å². The molecule has 0 radical (unpaired) electrons. The Balaban J connectivity index is 1.69. The van der Waals surface area contributed by atoms with Crippen LogP contribution < -0.4 is 14.8 Å². The summed E-state index contributed by atoms with van der Waals surface area (Å²) in [5.74, 6) is 1.62. The molecule has 3 rings (SSSR count). The van der Waals surface area contributed by atoms with Crippen molar-refractivity contribution in [1.29, 1.82) is 0 Å². The number of hydrogen-bond acceptors (Lipinski definition) is 4. The minimum atomic E-state index is -1.03. The first-order chi connectivity index (χ1) is 15.5. The summed E-state index contributed by atoms with van der Waals surface area (Å²) in [4.78, 5) is 25.1. The molecule has 0 aliphatic heterocycles. The molecule has 0 heterocycles. The normalized spacial score (nSPS) is 18.8. The van der Waals surface area contributed by atoms with Crippen molar-refractivity contribution in [3.8, 4) is 11.5 Å². The van der Waals surface area contributed by atoms with Gasteiger partial charge in [-0.15, -0.1) is 0 Å². The molecule has 1 amide bonds. The average Bonchev–Trinajstić information content (AvgIpc) is 2.83. The minimum absolute atomic E-state index is 0.139. The van der Waals surface area contributed by atoms with Gasteiger partial charge in [-0.3, -0.25) is 4.79 Å². The number of nitrogens with one attached hydrogen (secondary N) is 1. The van der Waals surface area contributed by atoms with Crippen LogP contribution in [-0.2, 0) is 16.0 Å². The van der Waals surface area contributed by atoms with Crippen molar-refractivity contribution in [2.75, 3.05) is 14.2 Å². The van der Waals surface area contributed by atoms with E-state index < -0.39 is 12.0 Å². The van der Waals surface area contributed by atoms with Gasteiger partial charge in [0.1, 0.15) is 17.5 Å². The Morgan fingerprint density at radius 1 is 0.969 bits per heavy atom. The van der Waals surface area contributed by atoms with Gasteiger partial charge >= 0.3 is 5.97 Å². The number of benzene rings is 1. The third-order valence-corrected chi connectivity index (χ3v) is 7.48. The number of rotatable bonds is 10. The Morgan fingerprint density at radius 3 is 2.06 bits per heavy atom. The summed E-state index contributed by atoms with van der Waals surface area (Å²) < 4.78 is 10.7. The Bertz CT molecular complexity index is 735. The molecule has 0 aromatic heterocycles. The van der Waals surface area contributed by atoms with Gasteiger partial charge in [0.2, 0.25) is 5.91 Å². The van der Waals surface area contributed by atoms with Crippen LogP contribution in [0.2, 0.25) is 0 Å². The summed E-state index contributed by atoms with van der Waals surface area (Å²) in [5, 5.41) is 12.6. The highest BCUT2D eigenvalue weighted by atomic mass is 16.5. The second kappa shape index (κ2) is 12.1. The molecule has 0 saturated heterocycles. The van der Waals surface area contributed by atoms with Crippen LogP contribution in [0.25, 0.3) is 0 Å². The summed E-state index contributed by atoms with van der Waals surface area (Å²) in [6.45, 7) is 0. The fourth-order valence-corrected chi connectivity index (χ4v) is 5.77. The molecule has 178 valence electrons. The van der Waals surface area contributed by atoms with Gasteiger partial charge < -0.3 is 19.9 Å². The molecular formula is C26H39NO5. The van der Waals surface area contributed by atoms with E-state index in [4.69, 9.17) is 9.47 Å². The maximum absolute atomic E-state index is 13.1. The zero-order chi connectivity index (χ0) is 22.9. The van der Waals surface area contributed by atoms with Crippen molar-refractivity contribution >= 4 is 11.9 Å². The molecule has 2 saturated carbocycles. The molecule has 6 heteroatoms. The van der Waals surface area contributed by atoms with Crippen molar-refractivity contribution in [1.82, 2.24) is 5.32 Å². The van der Waals surface area contributed by atoms with Crippen molar-refractivity contribution in [3.05, 3.63) is 23.8 Å². The molecule has 0 bridgehead atoms. The summed E-state index contributed by atoms with van der Waals surface area (Å²) >= 11 is 0. The SMILES string of the molecule is COc1ccc(OC)c(CC(NC(=O)CC(C2CCCCC2)C2CCCCC2)C(=O)O)c1. The van der Waals surface area contributed by atoms with Crippen LogP contribution in [0, 0.1) is 17.8 Å². The smallest absolute Gasteiger partial charge is 0.326 e. The Kier molecular flexibility index (Phi) is 9.24. The van der Waals surface area contributed by atoms with Gasteiger partial charge in [-0.05, 0) is 36.0 Å². The Hall–Kier alpha value is -2.24. The van der Waals surface area contributed by atoms with E-state index in [1.165, 1.54) is 64.2 Å². The number of carbonyl (C=O) groups excluding carboxylic acids is 1. The average molecular weight is 446 g/mol. The third kappa shape index (κ3) is 6.63. The summed E-state index contributed by atoms with van der Waals surface area (Å²) in [5.41, 5.74) is 0.704. The number of carbonyl (C=O) groups is 2. The van der Waals surface area contributed by atoms with E-state index in [0.29, 0.717) is 41.2 Å². The maximum atomic E-state index is 13.1. The van der Waals surface area contributed by atoms with Crippen molar-refractivity contribution in [2.24, 2.45) is 17.8 Å². The maximum Gasteiger partial charge on any atom is 0.326 e. The van der Waals surface area contributed by atoms with Gasteiger partial charge in [0.05, 0.1) is 14.2 Å². The van der Waals surface area contributed by atoms with E-state index in [9.17, 15) is 14.7 Å². The van der Waals surface area contributed by atoms with Gasteiger partial charge in [-0.25, -0.2) is 4.79 Å². The zero-order valence-corrected chi connectivity index (χ0v) is 19.6. The highest BCUT2D eigenvalue weighted by Gasteiger charge is 2.34. The molecule has 2 N–H and O–H groups in total. The summed E-state index contributed by atoms with van der Waals surface area (Å²) in [7, 11) is 3.12. The molecule has 6 nitrogen and oxygen atoms in total. The van der Waals surface area contributed by atoms with Crippen molar-refractivity contribution in [3.63, 3.8) is 0 Å². The monoisotopic (exact) mass is 445 g/mol. The Morgan fingerprint density at radius 2 is 1.56 bits per heavy atom. The number of ether oxygens (including phenoxy) is 2. The minimum Gasteiger partial charge on any atom is -0.497 e. The Labute approximate surface area is 192 Å². The predicted molar refractivity (Wildman–Crippen MR) is 124 cm³/mol. The van der Waals surface area contributed by atoms with Gasteiger partial charge in [0.15, 0.2) is 0 Å². The molecule has 1 atom stereocenters. The van der Waals surface area contributed by atoms with Crippen LogP contribution in [0.15, 0.2) is 18.2 Å². The molecule has 2 fully saturated rings. The van der Waals surface area contributed by atoms with E-state index in [-0.39, 0.29) is 12.3 Å². The summed E-state index contributed by atoms with van der Waals surface area (Å²) in [6.07, 6.45) is 13.0. The standard InChI is InChI=1S/C26H39NO5/c1-31-21-13-14-24(32-2)20(15-21)16-23(26(29)30)27-25(28)17-22(18-9-5-3-6-10-18)19-11-7-4-8-12-19/h13-15,18-19,22-23H,3-12,16-17H2,1-2H3,(H,27,28)(H,29,30). The summed E-state index contributed by atoms with van der Waals surface area (Å²) in [6, 6.07) is 4.31. The van der Waals surface area contributed by atoms with E-state index in [0.717, 1.165) is 0 Å². The molecule has 2 aliphatic carbocycles. The molecule has 1 unspecified atom stereocenters. The first-order valence-electron chi connectivity index (χ1n) is 12.2. The second-order valence-electron chi connectivity index (χ2n) is 9.50. The number of methoxy groups -OCH3 is 2. The predicted octanol–water partition coefficient (Wildman–Crippen LogP) is 4.98. The van der Waals surface area contributed by atoms with Gasteiger partial charge in [0.25, 0.3) is 0 Å². The van der Waals surface area contributed by atoms with Crippen LogP contribution in [-0.4, -0.2) is 37.2 Å². The number of hydrogen-bond donors (Lipinski definition) is 2. The number of carboxylic acid groups (broad SMARTS) is 1. The number of carboxylic acids is 1. The lowest BCUT2D eigenvalue weighted by atomic mass is 9.68. The molecule has 1 aromatic rings. The fraction of sp³-hybridized carbons (Fsp3) is 0.692. The van der Waals surface area contributed by atoms with E-state index in [2.05, 4.69) is 5.32 Å². The van der Waals surface area contributed by atoms with Crippen LogP contribution in [0.1, 0.15) is 76.2 Å². The molecule has 1 aromatic carbocycles. The highest BCUT2D eigenvalue weighted by Crippen LogP contribution is 2.41. The van der Waals surface area contributed by atoms with E-state index in [1.807, 2.05) is 0 Å². The second-order valence-corrected chi connectivity index (χ2v) is 9.50. The molecule has 0 spiro atoms. The zero-order valence-electron chi connectivity index (χ0n) is 19.6. The van der Waals surface area contributed by atoms with Gasteiger partial charge in [0, 0.05) is 18.4 Å². The van der Waals surface area contributed by atoms with Gasteiger partial charge in [-0.2, -0.15) is 0 Å². The quantitative estimate of drug-likeness (QED) is 0.530. The fourth-order valence-electron chi connectivity index (χ4n) is 5.77. The topological polar surface area (TPSA) is 84.9 Å². The highest BCUT2D eigenvalue weighted by molar-refractivity contribution is 5.84. The number of amides is 1. The van der Waals surface area contributed by atoms with Gasteiger partial charge in [-0.1, -0.05) is 64.2 Å². The van der Waals surface area contributed by atoms with Crippen LogP contribution in [0.3, 0.4) is 0 Å². The van der Waals surface area contributed by atoms with Crippen LogP contribution >= 0.6 is 0 Å². The van der Waals surface area contributed by atoms with Crippen LogP contribution in [0.4, 0.5) is 0 Å². The molecule has 32 heavy (non-hydrogen) atoms.